The molecule has 0 saturated carbocycles. The van der Waals surface area contributed by atoms with Crippen molar-refractivity contribution in [3.05, 3.63) is 12.2 Å². The summed E-state index contributed by atoms with van der Waals surface area (Å²) in [7, 11) is 0. The van der Waals surface area contributed by atoms with Crippen LogP contribution in [0.5, 0.6) is 0 Å². The number of hydrogen-bond acceptors (Lipinski definition) is 4. The van der Waals surface area contributed by atoms with Crippen LogP contribution in [0.25, 0.3) is 0 Å². The Hall–Kier alpha value is -1.20. The number of piperazine rings is 1. The van der Waals surface area contributed by atoms with Crippen LogP contribution in [0.4, 0.5) is 0 Å². The monoisotopic (exact) mass is 263 g/mol. The van der Waals surface area contributed by atoms with Gasteiger partial charge in [-0.25, -0.2) is 0 Å². The minimum atomic E-state index is -0.0828. The average Bonchev–Trinajstić information content (AvgIpc) is 2.71. The molecular weight excluding hydrogens is 242 g/mol. The molecule has 19 heavy (non-hydrogen) atoms. The van der Waals surface area contributed by atoms with E-state index in [2.05, 4.69) is 10.2 Å². The van der Waals surface area contributed by atoms with E-state index < -0.39 is 0 Å². The molecule has 0 radical (unpaired) electrons. The summed E-state index contributed by atoms with van der Waals surface area (Å²) in [4.78, 5) is 28.3. The van der Waals surface area contributed by atoms with Gasteiger partial charge in [0, 0.05) is 39.3 Å². The van der Waals surface area contributed by atoms with E-state index in [1.807, 2.05) is 12.2 Å². The lowest BCUT2D eigenvalue weighted by Gasteiger charge is -2.28. The van der Waals surface area contributed by atoms with Crippen LogP contribution in [-0.2, 0) is 9.59 Å². The second-order valence-corrected chi connectivity index (χ2v) is 5.58. The fourth-order valence-corrected chi connectivity index (χ4v) is 3.27. The van der Waals surface area contributed by atoms with E-state index in [-0.39, 0.29) is 23.7 Å². The Morgan fingerprint density at radius 1 is 1.00 bits per heavy atom. The van der Waals surface area contributed by atoms with Crippen LogP contribution < -0.4 is 5.32 Å². The van der Waals surface area contributed by atoms with E-state index in [4.69, 9.17) is 0 Å². The standard InChI is InChI=1S/C14H21N3O2/c18-13-11-3-1-2-4-12(11)14(19)17(13)10-9-16-7-5-15-6-8-16/h1-2,11-12,15H,3-10H2/t11-,12+. The highest BCUT2D eigenvalue weighted by atomic mass is 16.2. The Bertz CT molecular complexity index is 375. The lowest BCUT2D eigenvalue weighted by atomic mass is 9.85. The summed E-state index contributed by atoms with van der Waals surface area (Å²) < 4.78 is 0. The molecule has 104 valence electrons. The molecule has 2 atom stereocenters. The minimum absolute atomic E-state index is 0.0504. The van der Waals surface area contributed by atoms with Crippen LogP contribution in [0, 0.1) is 11.8 Å². The fraction of sp³-hybridized carbons (Fsp3) is 0.714. The Kier molecular flexibility index (Phi) is 3.66. The van der Waals surface area contributed by atoms with Crippen molar-refractivity contribution in [1.82, 2.24) is 15.1 Å². The Morgan fingerprint density at radius 3 is 2.16 bits per heavy atom. The van der Waals surface area contributed by atoms with Crippen LogP contribution in [-0.4, -0.2) is 60.9 Å². The SMILES string of the molecule is O=C1[C@H]2CC=CC[C@H]2C(=O)N1CCN1CCNCC1. The van der Waals surface area contributed by atoms with Gasteiger partial charge in [0.05, 0.1) is 11.8 Å². The fourth-order valence-electron chi connectivity index (χ4n) is 3.27. The predicted molar refractivity (Wildman–Crippen MR) is 71.4 cm³/mol. The van der Waals surface area contributed by atoms with Gasteiger partial charge in [0.25, 0.3) is 0 Å². The highest BCUT2D eigenvalue weighted by Crippen LogP contribution is 2.34. The highest BCUT2D eigenvalue weighted by Gasteiger charge is 2.46. The van der Waals surface area contributed by atoms with Crippen molar-refractivity contribution < 1.29 is 9.59 Å². The second-order valence-electron chi connectivity index (χ2n) is 5.58. The largest absolute Gasteiger partial charge is 0.314 e. The molecule has 0 aromatic heterocycles. The number of likely N-dealkylation sites (tertiary alicyclic amines) is 1. The van der Waals surface area contributed by atoms with Crippen LogP contribution in [0.15, 0.2) is 12.2 Å². The molecule has 2 saturated heterocycles. The molecule has 0 unspecified atom stereocenters. The van der Waals surface area contributed by atoms with E-state index >= 15 is 0 Å². The number of amides is 2. The maximum Gasteiger partial charge on any atom is 0.233 e. The van der Waals surface area contributed by atoms with E-state index in [0.29, 0.717) is 6.54 Å². The summed E-state index contributed by atoms with van der Waals surface area (Å²) in [5.41, 5.74) is 0. The summed E-state index contributed by atoms with van der Waals surface area (Å²) in [6, 6.07) is 0. The van der Waals surface area contributed by atoms with Crippen molar-refractivity contribution in [2.45, 2.75) is 12.8 Å². The topological polar surface area (TPSA) is 52.7 Å². The normalized spacial score (nSPS) is 31.9. The molecule has 2 amide bonds. The van der Waals surface area contributed by atoms with Crippen LogP contribution >= 0.6 is 0 Å². The quantitative estimate of drug-likeness (QED) is 0.568. The zero-order valence-corrected chi connectivity index (χ0v) is 11.2. The van der Waals surface area contributed by atoms with Gasteiger partial charge < -0.3 is 5.32 Å². The summed E-state index contributed by atoms with van der Waals surface area (Å²) in [5, 5.41) is 3.30. The minimum Gasteiger partial charge on any atom is -0.314 e. The van der Waals surface area contributed by atoms with Crippen LogP contribution in [0.1, 0.15) is 12.8 Å². The molecule has 5 nitrogen and oxygen atoms in total. The van der Waals surface area contributed by atoms with Crippen LogP contribution in [0.2, 0.25) is 0 Å². The highest BCUT2D eigenvalue weighted by molar-refractivity contribution is 6.05. The number of carbonyl (C=O) groups is 2. The first kappa shape index (κ1) is 12.8. The van der Waals surface area contributed by atoms with E-state index in [1.165, 1.54) is 4.90 Å². The average molecular weight is 263 g/mol. The first-order valence-electron chi connectivity index (χ1n) is 7.20. The number of nitrogens with zero attached hydrogens (tertiary/aromatic N) is 2. The van der Waals surface area contributed by atoms with Crippen molar-refractivity contribution in [2.24, 2.45) is 11.8 Å². The summed E-state index contributed by atoms with van der Waals surface area (Å²) in [6.45, 7) is 5.38. The number of imide groups is 1. The number of rotatable bonds is 3. The third kappa shape index (κ3) is 2.44. The van der Waals surface area contributed by atoms with Crippen molar-refractivity contribution in [3.63, 3.8) is 0 Å². The first-order chi connectivity index (χ1) is 9.27. The Morgan fingerprint density at radius 2 is 1.58 bits per heavy atom. The predicted octanol–water partition coefficient (Wildman–Crippen LogP) is -0.157. The van der Waals surface area contributed by atoms with E-state index in [0.717, 1.165) is 45.6 Å². The summed E-state index contributed by atoms with van der Waals surface area (Å²) in [5.74, 6) is -0.0648. The Labute approximate surface area is 113 Å². The zero-order chi connectivity index (χ0) is 13.2. The van der Waals surface area contributed by atoms with Gasteiger partial charge in [0.1, 0.15) is 0 Å². The molecular formula is C14H21N3O2. The second kappa shape index (κ2) is 5.43. The molecule has 3 rings (SSSR count). The van der Waals surface area contributed by atoms with Gasteiger partial charge in [-0.05, 0) is 12.8 Å². The number of hydrogen-bond donors (Lipinski definition) is 1. The molecule has 0 spiro atoms. The number of allylic oxidation sites excluding steroid dienone is 2. The lowest BCUT2D eigenvalue weighted by Crippen LogP contribution is -2.47. The molecule has 0 bridgehead atoms. The molecule has 3 aliphatic rings. The molecule has 2 heterocycles. The molecule has 1 N–H and O–H groups in total. The van der Waals surface area contributed by atoms with Gasteiger partial charge in [-0.3, -0.25) is 19.4 Å². The maximum absolute atomic E-state index is 12.3. The van der Waals surface area contributed by atoms with Gasteiger partial charge in [0.15, 0.2) is 0 Å². The van der Waals surface area contributed by atoms with Crippen molar-refractivity contribution in [3.8, 4) is 0 Å². The molecule has 0 aromatic carbocycles. The lowest BCUT2D eigenvalue weighted by molar-refractivity contribution is -0.140. The maximum atomic E-state index is 12.3. The number of carbonyl (C=O) groups excluding carboxylic acids is 2. The van der Waals surface area contributed by atoms with Gasteiger partial charge in [0.2, 0.25) is 11.8 Å². The van der Waals surface area contributed by atoms with E-state index in [1.54, 1.807) is 0 Å². The first-order valence-corrected chi connectivity index (χ1v) is 7.20. The van der Waals surface area contributed by atoms with Crippen molar-refractivity contribution >= 4 is 11.8 Å². The molecule has 2 fully saturated rings. The molecule has 0 aromatic rings. The van der Waals surface area contributed by atoms with Gasteiger partial charge >= 0.3 is 0 Å². The molecule has 1 aliphatic carbocycles. The number of nitrogens with one attached hydrogen (secondary N) is 1. The van der Waals surface area contributed by atoms with Crippen molar-refractivity contribution in [1.29, 1.82) is 0 Å². The van der Waals surface area contributed by atoms with Crippen LogP contribution in [0.3, 0.4) is 0 Å². The third-order valence-corrected chi connectivity index (χ3v) is 4.45. The smallest absolute Gasteiger partial charge is 0.233 e. The third-order valence-electron chi connectivity index (χ3n) is 4.45. The molecule has 5 heteroatoms. The Balaban J connectivity index is 1.59. The molecule has 2 aliphatic heterocycles. The number of fused-ring (bicyclic) bond motifs is 1. The van der Waals surface area contributed by atoms with Gasteiger partial charge in [-0.1, -0.05) is 12.2 Å². The van der Waals surface area contributed by atoms with Gasteiger partial charge in [-0.15, -0.1) is 0 Å². The van der Waals surface area contributed by atoms with Crippen molar-refractivity contribution in [2.75, 3.05) is 39.3 Å². The van der Waals surface area contributed by atoms with Gasteiger partial charge in [-0.2, -0.15) is 0 Å². The summed E-state index contributed by atoms with van der Waals surface area (Å²) >= 11 is 0. The summed E-state index contributed by atoms with van der Waals surface area (Å²) in [6.07, 6.45) is 5.54. The zero-order valence-electron chi connectivity index (χ0n) is 11.2. The van der Waals surface area contributed by atoms with E-state index in [9.17, 15) is 9.59 Å².